The number of nitrogens with zero attached hydrogens (tertiary/aromatic N) is 3. The van der Waals surface area contributed by atoms with E-state index in [1.807, 2.05) is 0 Å². The lowest BCUT2D eigenvalue weighted by molar-refractivity contribution is 0.338. The normalized spacial score (nSPS) is 24.5. The van der Waals surface area contributed by atoms with Crippen LogP contribution in [0.3, 0.4) is 0 Å². The molecule has 2 unspecified atom stereocenters. The Morgan fingerprint density at radius 1 is 1.39 bits per heavy atom. The number of piperidine rings is 1. The predicted molar refractivity (Wildman–Crippen MR) is 71.5 cm³/mol. The fraction of sp³-hybridized carbons (Fsp3) is 0.846. The topological polar surface area (TPSA) is 54.2 Å². The van der Waals surface area contributed by atoms with Crippen LogP contribution in [-0.4, -0.2) is 29.3 Å². The fourth-order valence-corrected chi connectivity index (χ4v) is 2.41. The first-order valence-electron chi connectivity index (χ1n) is 7.02. The van der Waals surface area contributed by atoms with E-state index < -0.39 is 0 Å². The zero-order chi connectivity index (χ0) is 13.0. The maximum atomic E-state index is 5.73. The molecule has 1 fully saturated rings. The van der Waals surface area contributed by atoms with Gasteiger partial charge in [0, 0.05) is 12.6 Å². The Labute approximate surface area is 109 Å². The Balaban J connectivity index is 1.96. The molecule has 0 radical (unpaired) electrons. The Morgan fingerprint density at radius 3 is 3.00 bits per heavy atom. The molecule has 0 spiro atoms. The number of nitrogens with one attached hydrogen (secondary N) is 1. The van der Waals surface area contributed by atoms with Crippen LogP contribution in [0.4, 0.5) is 6.01 Å². The molecule has 1 aromatic heterocycles. The molecule has 2 heterocycles. The van der Waals surface area contributed by atoms with Crippen LogP contribution in [-0.2, 0) is 6.54 Å². The lowest BCUT2D eigenvalue weighted by Gasteiger charge is -2.36. The fourth-order valence-electron chi connectivity index (χ4n) is 2.41. The standard InChI is InChI=1S/C13H24N4O/c1-4-7-14-9-12-15-16-13(18-12)17-8-5-6-10(2)11(17)3/h10-11,14H,4-9H2,1-3H3. The van der Waals surface area contributed by atoms with E-state index in [9.17, 15) is 0 Å². The van der Waals surface area contributed by atoms with Crippen molar-refractivity contribution in [3.63, 3.8) is 0 Å². The summed E-state index contributed by atoms with van der Waals surface area (Å²) in [5, 5.41) is 11.5. The smallest absolute Gasteiger partial charge is 0.318 e. The van der Waals surface area contributed by atoms with Gasteiger partial charge < -0.3 is 14.6 Å². The van der Waals surface area contributed by atoms with Crippen LogP contribution in [0, 0.1) is 5.92 Å². The molecule has 1 aromatic rings. The maximum Gasteiger partial charge on any atom is 0.318 e. The van der Waals surface area contributed by atoms with Crippen molar-refractivity contribution in [1.29, 1.82) is 0 Å². The highest BCUT2D eigenvalue weighted by Gasteiger charge is 2.28. The summed E-state index contributed by atoms with van der Waals surface area (Å²) in [6.07, 6.45) is 3.61. The van der Waals surface area contributed by atoms with E-state index in [0.717, 1.165) is 19.5 Å². The molecule has 102 valence electrons. The van der Waals surface area contributed by atoms with Crippen LogP contribution >= 0.6 is 0 Å². The molecule has 0 bridgehead atoms. The van der Waals surface area contributed by atoms with Gasteiger partial charge in [0.15, 0.2) is 0 Å². The number of hydrogen-bond acceptors (Lipinski definition) is 5. The Hall–Kier alpha value is -1.10. The summed E-state index contributed by atoms with van der Waals surface area (Å²) in [4.78, 5) is 2.24. The summed E-state index contributed by atoms with van der Waals surface area (Å²) >= 11 is 0. The summed E-state index contributed by atoms with van der Waals surface area (Å²) < 4.78 is 5.73. The molecule has 0 aromatic carbocycles. The summed E-state index contributed by atoms with van der Waals surface area (Å²) in [6, 6.07) is 1.16. The van der Waals surface area contributed by atoms with Crippen molar-refractivity contribution in [3.05, 3.63) is 5.89 Å². The van der Waals surface area contributed by atoms with Crippen molar-refractivity contribution >= 4 is 6.01 Å². The van der Waals surface area contributed by atoms with Crippen molar-refractivity contribution in [3.8, 4) is 0 Å². The van der Waals surface area contributed by atoms with Gasteiger partial charge in [-0.05, 0) is 38.6 Å². The van der Waals surface area contributed by atoms with E-state index in [1.165, 1.54) is 12.8 Å². The van der Waals surface area contributed by atoms with Crippen molar-refractivity contribution in [1.82, 2.24) is 15.5 Å². The molecule has 2 atom stereocenters. The van der Waals surface area contributed by atoms with Gasteiger partial charge in [-0.1, -0.05) is 18.9 Å². The van der Waals surface area contributed by atoms with Gasteiger partial charge in [-0.2, -0.15) is 0 Å². The first-order valence-corrected chi connectivity index (χ1v) is 7.02. The molecule has 1 aliphatic heterocycles. The molecule has 1 aliphatic rings. The minimum absolute atomic E-state index is 0.482. The zero-order valence-corrected chi connectivity index (χ0v) is 11.6. The molecule has 0 aliphatic carbocycles. The van der Waals surface area contributed by atoms with Crippen molar-refractivity contribution in [2.45, 2.75) is 52.6 Å². The summed E-state index contributed by atoms with van der Waals surface area (Å²) in [6.45, 7) is 9.34. The largest absolute Gasteiger partial charge is 0.407 e. The van der Waals surface area contributed by atoms with Crippen LogP contribution < -0.4 is 10.2 Å². The monoisotopic (exact) mass is 252 g/mol. The average Bonchev–Trinajstić information content (AvgIpc) is 2.82. The van der Waals surface area contributed by atoms with Crippen LogP contribution in [0.1, 0.15) is 45.9 Å². The van der Waals surface area contributed by atoms with Crippen LogP contribution in [0.25, 0.3) is 0 Å². The van der Waals surface area contributed by atoms with Crippen molar-refractivity contribution < 1.29 is 4.42 Å². The summed E-state index contributed by atoms with van der Waals surface area (Å²) in [7, 11) is 0. The third-order valence-corrected chi connectivity index (χ3v) is 3.78. The third kappa shape index (κ3) is 3.02. The minimum Gasteiger partial charge on any atom is -0.407 e. The van der Waals surface area contributed by atoms with Gasteiger partial charge in [-0.3, -0.25) is 0 Å². The average molecular weight is 252 g/mol. The maximum absolute atomic E-state index is 5.73. The lowest BCUT2D eigenvalue weighted by Crippen LogP contribution is -2.42. The quantitative estimate of drug-likeness (QED) is 0.814. The predicted octanol–water partition coefficient (Wildman–Crippen LogP) is 2.19. The Kier molecular flexibility index (Phi) is 4.58. The van der Waals surface area contributed by atoms with Gasteiger partial charge in [0.05, 0.1) is 6.54 Å². The van der Waals surface area contributed by atoms with E-state index in [2.05, 4.69) is 41.2 Å². The zero-order valence-electron chi connectivity index (χ0n) is 11.6. The third-order valence-electron chi connectivity index (χ3n) is 3.78. The molecule has 0 amide bonds. The molecular weight excluding hydrogens is 228 g/mol. The van der Waals surface area contributed by atoms with E-state index in [4.69, 9.17) is 4.42 Å². The van der Waals surface area contributed by atoms with Crippen molar-refractivity contribution in [2.24, 2.45) is 5.92 Å². The van der Waals surface area contributed by atoms with E-state index in [0.29, 0.717) is 30.4 Å². The van der Waals surface area contributed by atoms with Gasteiger partial charge in [0.2, 0.25) is 5.89 Å². The molecule has 18 heavy (non-hydrogen) atoms. The number of anilines is 1. The molecular formula is C13H24N4O. The first-order chi connectivity index (χ1) is 8.72. The van der Waals surface area contributed by atoms with Crippen molar-refractivity contribution in [2.75, 3.05) is 18.0 Å². The molecule has 1 N–H and O–H groups in total. The second-order valence-corrected chi connectivity index (χ2v) is 5.21. The number of aromatic nitrogens is 2. The van der Waals surface area contributed by atoms with Crippen LogP contribution in [0.15, 0.2) is 4.42 Å². The summed E-state index contributed by atoms with van der Waals surface area (Å²) in [5.74, 6) is 1.37. The Morgan fingerprint density at radius 2 is 2.22 bits per heavy atom. The second kappa shape index (κ2) is 6.18. The lowest BCUT2D eigenvalue weighted by atomic mass is 9.92. The minimum atomic E-state index is 0.482. The van der Waals surface area contributed by atoms with E-state index >= 15 is 0 Å². The number of hydrogen-bond donors (Lipinski definition) is 1. The van der Waals surface area contributed by atoms with Gasteiger partial charge >= 0.3 is 6.01 Å². The van der Waals surface area contributed by atoms with E-state index in [-0.39, 0.29) is 0 Å². The highest BCUT2D eigenvalue weighted by atomic mass is 16.4. The molecule has 5 nitrogen and oxygen atoms in total. The van der Waals surface area contributed by atoms with Gasteiger partial charge in [0.25, 0.3) is 0 Å². The highest BCUT2D eigenvalue weighted by molar-refractivity contribution is 5.27. The van der Waals surface area contributed by atoms with Gasteiger partial charge in [-0.15, -0.1) is 5.10 Å². The summed E-state index contributed by atoms with van der Waals surface area (Å²) in [5.41, 5.74) is 0. The second-order valence-electron chi connectivity index (χ2n) is 5.21. The van der Waals surface area contributed by atoms with Gasteiger partial charge in [-0.25, -0.2) is 0 Å². The molecule has 2 rings (SSSR count). The highest BCUT2D eigenvalue weighted by Crippen LogP contribution is 2.27. The Bertz CT molecular complexity index is 366. The molecule has 5 heteroatoms. The van der Waals surface area contributed by atoms with Gasteiger partial charge in [0.1, 0.15) is 0 Å². The molecule has 0 saturated carbocycles. The SMILES string of the molecule is CCCNCc1nnc(N2CCCC(C)C2C)o1. The van der Waals surface area contributed by atoms with E-state index in [1.54, 1.807) is 0 Å². The first kappa shape index (κ1) is 13.3. The van der Waals surface area contributed by atoms with Crippen LogP contribution in [0.5, 0.6) is 0 Å². The number of rotatable bonds is 5. The molecule has 1 saturated heterocycles. The van der Waals surface area contributed by atoms with Crippen LogP contribution in [0.2, 0.25) is 0 Å².